The Morgan fingerprint density at radius 2 is 1.94 bits per heavy atom. The number of halogens is 3. The maximum absolute atomic E-state index is 12.5. The third kappa shape index (κ3) is 1.96. The van der Waals surface area contributed by atoms with Crippen molar-refractivity contribution in [3.05, 3.63) is 34.9 Å². The normalized spacial score (nSPS) is 20.8. The molecule has 86 valence electrons. The Kier molecular flexibility index (Phi) is 2.52. The number of hydrogen-bond acceptors (Lipinski definition) is 1. The third-order valence-corrected chi connectivity index (χ3v) is 2.84. The molecule has 0 bridgehead atoms. The van der Waals surface area contributed by atoms with Gasteiger partial charge in [-0.1, -0.05) is 13.0 Å². The van der Waals surface area contributed by atoms with Crippen molar-refractivity contribution >= 4 is 5.78 Å². The predicted octanol–water partition coefficient (Wildman–Crippen LogP) is 3.47. The van der Waals surface area contributed by atoms with Crippen LogP contribution in [0.15, 0.2) is 18.2 Å². The molecule has 0 heterocycles. The highest BCUT2D eigenvalue weighted by Gasteiger charge is 2.32. The fourth-order valence-electron chi connectivity index (χ4n) is 2.06. The molecule has 1 atom stereocenters. The van der Waals surface area contributed by atoms with Gasteiger partial charge in [0.05, 0.1) is 5.56 Å². The number of alkyl halides is 3. The van der Waals surface area contributed by atoms with Gasteiger partial charge in [0.1, 0.15) is 0 Å². The number of fused-ring (bicyclic) bond motifs is 1. The van der Waals surface area contributed by atoms with E-state index in [1.165, 1.54) is 6.07 Å². The van der Waals surface area contributed by atoms with Crippen LogP contribution >= 0.6 is 0 Å². The first kappa shape index (κ1) is 11.2. The molecule has 0 fully saturated rings. The van der Waals surface area contributed by atoms with Crippen molar-refractivity contribution in [2.45, 2.75) is 25.9 Å². The fourth-order valence-corrected chi connectivity index (χ4v) is 2.06. The van der Waals surface area contributed by atoms with Crippen molar-refractivity contribution in [2.75, 3.05) is 0 Å². The number of carbonyl (C=O) groups is 1. The van der Waals surface area contributed by atoms with E-state index in [9.17, 15) is 18.0 Å². The van der Waals surface area contributed by atoms with Crippen molar-refractivity contribution < 1.29 is 18.0 Å². The Balaban J connectivity index is 2.47. The van der Waals surface area contributed by atoms with Gasteiger partial charge < -0.3 is 0 Å². The summed E-state index contributed by atoms with van der Waals surface area (Å²) in [7, 11) is 0. The van der Waals surface area contributed by atoms with Crippen LogP contribution in [0.4, 0.5) is 13.2 Å². The van der Waals surface area contributed by atoms with Crippen LogP contribution in [0.5, 0.6) is 0 Å². The Morgan fingerprint density at radius 1 is 1.25 bits per heavy atom. The quantitative estimate of drug-likeness (QED) is 0.664. The van der Waals surface area contributed by atoms with E-state index in [2.05, 4.69) is 0 Å². The van der Waals surface area contributed by atoms with Crippen LogP contribution in [-0.2, 0) is 12.6 Å². The van der Waals surface area contributed by atoms with E-state index < -0.39 is 11.7 Å². The molecule has 1 unspecified atom stereocenters. The minimum atomic E-state index is -4.38. The van der Waals surface area contributed by atoms with Gasteiger partial charge in [0.2, 0.25) is 0 Å². The second-order valence-corrected chi connectivity index (χ2v) is 4.31. The molecule has 2 rings (SSSR count). The molecule has 0 N–H and O–H groups in total. The summed E-state index contributed by atoms with van der Waals surface area (Å²) in [5.41, 5.74) is 0.235. The number of hydrogen-bond donors (Lipinski definition) is 0. The average Bonchev–Trinajstić information content (AvgIpc) is 2.15. The summed E-state index contributed by atoms with van der Waals surface area (Å²) < 4.78 is 37.4. The van der Waals surface area contributed by atoms with Crippen LogP contribution in [0, 0.1) is 5.92 Å². The molecule has 0 radical (unpaired) electrons. The molecular formula is C12H11F3O. The van der Waals surface area contributed by atoms with Crippen LogP contribution < -0.4 is 0 Å². The maximum Gasteiger partial charge on any atom is 0.416 e. The van der Waals surface area contributed by atoms with E-state index in [1.807, 2.05) is 6.92 Å². The Labute approximate surface area is 91.3 Å². The van der Waals surface area contributed by atoms with Gasteiger partial charge in [-0.15, -0.1) is 0 Å². The number of carbonyl (C=O) groups excluding carboxylic acids is 1. The minimum Gasteiger partial charge on any atom is -0.294 e. The lowest BCUT2D eigenvalue weighted by molar-refractivity contribution is -0.137. The topological polar surface area (TPSA) is 17.1 Å². The molecule has 1 aromatic rings. The van der Waals surface area contributed by atoms with Crippen molar-refractivity contribution in [1.82, 2.24) is 0 Å². The van der Waals surface area contributed by atoms with E-state index in [0.717, 1.165) is 17.7 Å². The van der Waals surface area contributed by atoms with E-state index in [1.54, 1.807) is 0 Å². The van der Waals surface area contributed by atoms with Crippen molar-refractivity contribution in [3.8, 4) is 0 Å². The highest BCUT2D eigenvalue weighted by atomic mass is 19.4. The molecule has 0 aromatic heterocycles. The fraction of sp³-hybridized carbons (Fsp3) is 0.417. The lowest BCUT2D eigenvalue weighted by Crippen LogP contribution is -2.19. The van der Waals surface area contributed by atoms with Crippen molar-refractivity contribution in [3.63, 3.8) is 0 Å². The van der Waals surface area contributed by atoms with Crippen molar-refractivity contribution in [1.29, 1.82) is 0 Å². The van der Waals surface area contributed by atoms with Gasteiger partial charge in [-0.25, -0.2) is 0 Å². The molecule has 0 spiro atoms. The smallest absolute Gasteiger partial charge is 0.294 e. The number of Topliss-reactive ketones (excluding diaryl/α,β-unsaturated/α-hetero) is 1. The molecule has 1 aliphatic rings. The Bertz CT molecular complexity index is 434. The molecular weight excluding hydrogens is 217 g/mol. The maximum atomic E-state index is 12.5. The zero-order valence-corrected chi connectivity index (χ0v) is 8.77. The summed E-state index contributed by atoms with van der Waals surface area (Å²) in [5, 5.41) is 0. The van der Waals surface area contributed by atoms with Gasteiger partial charge >= 0.3 is 6.18 Å². The van der Waals surface area contributed by atoms with Gasteiger partial charge in [0.25, 0.3) is 0 Å². The lowest BCUT2D eigenvalue weighted by Gasteiger charge is -2.21. The highest BCUT2D eigenvalue weighted by molar-refractivity contribution is 5.98. The molecule has 1 aliphatic carbocycles. The summed E-state index contributed by atoms with van der Waals surface area (Å²) in [4.78, 5) is 11.6. The first-order valence-corrected chi connectivity index (χ1v) is 5.11. The van der Waals surface area contributed by atoms with E-state index in [4.69, 9.17) is 0 Å². The largest absolute Gasteiger partial charge is 0.416 e. The van der Waals surface area contributed by atoms with Crippen LogP contribution in [0.25, 0.3) is 0 Å². The number of rotatable bonds is 0. The first-order valence-electron chi connectivity index (χ1n) is 5.11. The van der Waals surface area contributed by atoms with Crippen LogP contribution in [0.3, 0.4) is 0 Å². The predicted molar refractivity (Wildman–Crippen MR) is 53.3 cm³/mol. The second kappa shape index (κ2) is 3.61. The van der Waals surface area contributed by atoms with Crippen molar-refractivity contribution in [2.24, 2.45) is 5.92 Å². The molecule has 1 aromatic carbocycles. The molecule has 4 heteroatoms. The summed E-state index contributed by atoms with van der Waals surface area (Å²) in [6.45, 7) is 1.93. The highest BCUT2D eigenvalue weighted by Crippen LogP contribution is 2.33. The van der Waals surface area contributed by atoms with Crippen LogP contribution in [-0.4, -0.2) is 5.78 Å². The second-order valence-electron chi connectivity index (χ2n) is 4.31. The first-order chi connectivity index (χ1) is 7.38. The summed E-state index contributed by atoms with van der Waals surface area (Å²) in [5.74, 6) is 0.0385. The van der Waals surface area contributed by atoms with E-state index >= 15 is 0 Å². The average molecular weight is 228 g/mol. The van der Waals surface area contributed by atoms with Gasteiger partial charge in [-0.3, -0.25) is 4.79 Å². The standard InChI is InChI=1S/C12H11F3O/c1-7-4-8-2-3-9(12(13,14)15)6-10(8)11(16)5-7/h2-3,6-7H,4-5H2,1H3. The summed E-state index contributed by atoms with van der Waals surface area (Å²) >= 11 is 0. The Hall–Kier alpha value is -1.32. The van der Waals surface area contributed by atoms with Gasteiger partial charge in [-0.2, -0.15) is 13.2 Å². The zero-order valence-electron chi connectivity index (χ0n) is 8.77. The Morgan fingerprint density at radius 3 is 2.56 bits per heavy atom. The number of benzene rings is 1. The van der Waals surface area contributed by atoms with Gasteiger partial charge in [-0.05, 0) is 30.0 Å². The van der Waals surface area contributed by atoms with E-state index in [-0.39, 0.29) is 17.3 Å². The lowest BCUT2D eigenvalue weighted by atomic mass is 9.83. The monoisotopic (exact) mass is 228 g/mol. The third-order valence-electron chi connectivity index (χ3n) is 2.84. The summed E-state index contributed by atoms with van der Waals surface area (Å²) in [6, 6.07) is 3.44. The SMILES string of the molecule is CC1CC(=O)c2cc(C(F)(F)F)ccc2C1. The minimum absolute atomic E-state index is 0.181. The molecule has 0 saturated carbocycles. The zero-order chi connectivity index (χ0) is 11.9. The summed E-state index contributed by atoms with van der Waals surface area (Å²) in [6.07, 6.45) is -3.36. The molecule has 1 nitrogen and oxygen atoms in total. The van der Waals surface area contributed by atoms with E-state index in [0.29, 0.717) is 12.8 Å². The van der Waals surface area contributed by atoms with Gasteiger partial charge in [0.15, 0.2) is 5.78 Å². The molecule has 0 saturated heterocycles. The van der Waals surface area contributed by atoms with Gasteiger partial charge in [0, 0.05) is 12.0 Å². The number of ketones is 1. The van der Waals surface area contributed by atoms with Crippen LogP contribution in [0.2, 0.25) is 0 Å². The molecule has 16 heavy (non-hydrogen) atoms. The molecule has 0 amide bonds. The van der Waals surface area contributed by atoms with Crippen LogP contribution in [0.1, 0.15) is 34.8 Å². The molecule has 0 aliphatic heterocycles.